The van der Waals surface area contributed by atoms with Gasteiger partial charge in [-0.05, 0) is 37.1 Å². The van der Waals surface area contributed by atoms with E-state index in [2.05, 4.69) is 0 Å². The van der Waals surface area contributed by atoms with Crippen LogP contribution in [-0.2, 0) is 0 Å². The van der Waals surface area contributed by atoms with Crippen molar-refractivity contribution >= 4 is 11.0 Å². The highest BCUT2D eigenvalue weighted by molar-refractivity contribution is 5.88. The molecule has 4 N–H and O–H groups in total. The summed E-state index contributed by atoms with van der Waals surface area (Å²) < 4.78 is 5.64. The Balaban J connectivity index is 2.29. The molecular weight excluding hydrogens is 284 g/mol. The van der Waals surface area contributed by atoms with E-state index in [9.17, 15) is 20.4 Å². The van der Waals surface area contributed by atoms with Gasteiger partial charge in [0.2, 0.25) is 5.75 Å². The van der Waals surface area contributed by atoms with Crippen LogP contribution in [0.1, 0.15) is 11.1 Å². The molecule has 0 unspecified atom stereocenters. The van der Waals surface area contributed by atoms with Crippen molar-refractivity contribution in [2.75, 3.05) is 0 Å². The van der Waals surface area contributed by atoms with Crippen LogP contribution in [-0.4, -0.2) is 20.4 Å². The zero-order valence-electron chi connectivity index (χ0n) is 12.1. The Morgan fingerprint density at radius 2 is 1.41 bits per heavy atom. The highest BCUT2D eigenvalue weighted by Gasteiger charge is 2.24. The Bertz CT molecular complexity index is 876. The molecule has 0 aliphatic carbocycles. The minimum atomic E-state index is -0.182. The summed E-state index contributed by atoms with van der Waals surface area (Å²) in [4.78, 5) is 0. The highest BCUT2D eigenvalue weighted by atomic mass is 16.4. The van der Waals surface area contributed by atoms with Crippen LogP contribution < -0.4 is 0 Å². The van der Waals surface area contributed by atoms with E-state index < -0.39 is 0 Å². The number of phenols is 3. The molecule has 0 saturated heterocycles. The Kier molecular flexibility index (Phi) is 3.06. The molecule has 0 amide bonds. The fraction of sp³-hybridized carbons (Fsp3) is 0.118. The van der Waals surface area contributed by atoms with E-state index in [1.54, 1.807) is 26.0 Å². The van der Waals surface area contributed by atoms with Gasteiger partial charge < -0.3 is 20.4 Å². The predicted molar refractivity (Wildman–Crippen MR) is 82.2 cm³/mol. The third-order valence-corrected chi connectivity index (χ3v) is 3.58. The van der Waals surface area contributed by atoms with E-state index in [4.69, 9.17) is 4.42 Å². The van der Waals surface area contributed by atoms with Crippen molar-refractivity contribution in [3.8, 4) is 34.3 Å². The molecule has 0 bridgehead atoms. The fourth-order valence-electron chi connectivity index (χ4n) is 2.49. The molecule has 0 fully saturated rings. The molecule has 3 rings (SSSR count). The van der Waals surface area contributed by atoms with Gasteiger partial charge in [-0.3, -0.25) is 0 Å². The first kappa shape index (κ1) is 14.0. The SMILES string of the molecule is Cc1cc(-c2[o+]c3cc(O)cc(O)c3cc2O)cc(C)c1O. The van der Waals surface area contributed by atoms with Crippen LogP contribution in [0.2, 0.25) is 0 Å². The molecule has 0 saturated carbocycles. The first-order chi connectivity index (χ1) is 10.4. The van der Waals surface area contributed by atoms with Crippen molar-refractivity contribution in [3.63, 3.8) is 0 Å². The maximum atomic E-state index is 10.2. The second-order valence-corrected chi connectivity index (χ2v) is 5.30. The zero-order chi connectivity index (χ0) is 16.0. The molecular formula is C17H15O5+. The monoisotopic (exact) mass is 299 g/mol. The smallest absolute Gasteiger partial charge is 0.401 e. The summed E-state index contributed by atoms with van der Waals surface area (Å²) >= 11 is 0. The van der Waals surface area contributed by atoms with Gasteiger partial charge in [0.15, 0.2) is 0 Å². The second kappa shape index (κ2) is 4.80. The lowest BCUT2D eigenvalue weighted by molar-refractivity contribution is 0.441. The number of aromatic hydroxyl groups is 4. The van der Waals surface area contributed by atoms with Crippen molar-refractivity contribution in [2.24, 2.45) is 0 Å². The lowest BCUT2D eigenvalue weighted by Gasteiger charge is -2.05. The van der Waals surface area contributed by atoms with Gasteiger partial charge >= 0.3 is 11.3 Å². The third-order valence-electron chi connectivity index (χ3n) is 3.58. The number of hydrogen-bond donors (Lipinski definition) is 4. The number of fused-ring (bicyclic) bond motifs is 1. The Morgan fingerprint density at radius 1 is 0.773 bits per heavy atom. The first-order valence-corrected chi connectivity index (χ1v) is 6.69. The van der Waals surface area contributed by atoms with E-state index >= 15 is 0 Å². The highest BCUT2D eigenvalue weighted by Crippen LogP contribution is 2.39. The van der Waals surface area contributed by atoms with Gasteiger partial charge in [-0.25, -0.2) is 4.42 Å². The second-order valence-electron chi connectivity index (χ2n) is 5.30. The van der Waals surface area contributed by atoms with Gasteiger partial charge in [0.05, 0.1) is 11.6 Å². The molecule has 22 heavy (non-hydrogen) atoms. The Labute approximate surface area is 126 Å². The summed E-state index contributed by atoms with van der Waals surface area (Å²) in [7, 11) is 0. The summed E-state index contributed by atoms with van der Waals surface area (Å²) in [5.41, 5.74) is 2.15. The number of aryl methyl sites for hydroxylation is 2. The van der Waals surface area contributed by atoms with E-state index in [-0.39, 0.29) is 34.3 Å². The van der Waals surface area contributed by atoms with Crippen LogP contribution in [0, 0.1) is 13.8 Å². The molecule has 0 radical (unpaired) electrons. The number of hydrogen-bond acceptors (Lipinski definition) is 4. The Hall–Kier alpha value is -2.95. The molecule has 1 aromatic heterocycles. The van der Waals surface area contributed by atoms with Crippen molar-refractivity contribution in [2.45, 2.75) is 13.8 Å². The van der Waals surface area contributed by atoms with Crippen LogP contribution in [0.25, 0.3) is 22.3 Å². The molecule has 3 aromatic rings. The fourth-order valence-corrected chi connectivity index (χ4v) is 2.49. The number of phenolic OH excluding ortho intramolecular Hbond substituents is 3. The van der Waals surface area contributed by atoms with Gasteiger partial charge in [-0.15, -0.1) is 0 Å². The Morgan fingerprint density at radius 3 is 2.05 bits per heavy atom. The van der Waals surface area contributed by atoms with Gasteiger partial charge in [0.1, 0.15) is 22.6 Å². The van der Waals surface area contributed by atoms with E-state index in [1.165, 1.54) is 18.2 Å². The molecule has 0 spiro atoms. The standard InChI is InChI=1S/C17H14O5/c1-8-3-10(4-9(2)16(8)21)17-14(20)7-12-13(19)5-11(18)6-15(12)22-17/h3-7H,1-2H3,(H3-,18,19,20,21)/p+1. The topological polar surface area (TPSA) is 92.2 Å². The van der Waals surface area contributed by atoms with Gasteiger partial charge in [-0.1, -0.05) is 0 Å². The summed E-state index contributed by atoms with van der Waals surface area (Å²) in [6.07, 6.45) is 0. The number of rotatable bonds is 1. The summed E-state index contributed by atoms with van der Waals surface area (Å²) in [6.45, 7) is 3.50. The summed E-state index contributed by atoms with van der Waals surface area (Å²) in [5.74, 6) is -0.0666. The largest absolute Gasteiger partial charge is 0.507 e. The minimum Gasteiger partial charge on any atom is -0.507 e. The van der Waals surface area contributed by atoms with Crippen LogP contribution >= 0.6 is 0 Å². The molecule has 1 heterocycles. The van der Waals surface area contributed by atoms with Crippen LogP contribution in [0.4, 0.5) is 0 Å². The lowest BCUT2D eigenvalue weighted by atomic mass is 10.0. The molecule has 2 aromatic carbocycles. The zero-order valence-corrected chi connectivity index (χ0v) is 12.1. The minimum absolute atomic E-state index is 0.136. The molecule has 0 aliphatic heterocycles. The maximum absolute atomic E-state index is 10.2. The average molecular weight is 299 g/mol. The number of benzene rings is 2. The van der Waals surface area contributed by atoms with E-state index in [1.807, 2.05) is 0 Å². The van der Waals surface area contributed by atoms with Gasteiger partial charge in [-0.2, -0.15) is 0 Å². The van der Waals surface area contributed by atoms with Gasteiger partial charge in [0, 0.05) is 12.1 Å². The van der Waals surface area contributed by atoms with E-state index in [0.717, 1.165) is 0 Å². The summed E-state index contributed by atoms with van der Waals surface area (Å²) in [6, 6.07) is 7.29. The van der Waals surface area contributed by atoms with Crippen molar-refractivity contribution < 1.29 is 24.8 Å². The predicted octanol–water partition coefficient (Wildman–Crippen LogP) is 3.82. The molecule has 0 aliphatic rings. The van der Waals surface area contributed by atoms with Crippen molar-refractivity contribution in [1.82, 2.24) is 0 Å². The van der Waals surface area contributed by atoms with Gasteiger partial charge in [0.25, 0.3) is 0 Å². The average Bonchev–Trinajstić information content (AvgIpc) is 2.44. The van der Waals surface area contributed by atoms with Crippen LogP contribution in [0.5, 0.6) is 23.0 Å². The summed E-state index contributed by atoms with van der Waals surface area (Å²) in [5, 5.41) is 39.7. The molecule has 112 valence electrons. The van der Waals surface area contributed by atoms with Crippen molar-refractivity contribution in [3.05, 3.63) is 41.5 Å². The third kappa shape index (κ3) is 2.16. The molecule has 5 heteroatoms. The van der Waals surface area contributed by atoms with Crippen LogP contribution in [0.15, 0.2) is 34.7 Å². The normalized spacial score (nSPS) is 11.0. The molecule has 0 atom stereocenters. The first-order valence-electron chi connectivity index (χ1n) is 6.69. The van der Waals surface area contributed by atoms with E-state index in [0.29, 0.717) is 22.1 Å². The maximum Gasteiger partial charge on any atom is 0.401 e. The lowest BCUT2D eigenvalue weighted by Crippen LogP contribution is -1.86. The molecule has 5 nitrogen and oxygen atoms in total. The quantitative estimate of drug-likeness (QED) is 0.513. The van der Waals surface area contributed by atoms with Crippen LogP contribution in [0.3, 0.4) is 0 Å². The van der Waals surface area contributed by atoms with Crippen molar-refractivity contribution in [1.29, 1.82) is 0 Å².